The number of dihydropyridines is 1. The van der Waals surface area contributed by atoms with E-state index in [1.165, 1.54) is 32.2 Å². The molecule has 1 saturated heterocycles. The second kappa shape index (κ2) is 11.8. The first-order chi connectivity index (χ1) is 16.5. The van der Waals surface area contributed by atoms with Crippen molar-refractivity contribution in [3.63, 3.8) is 0 Å². The zero-order valence-electron chi connectivity index (χ0n) is 19.9. The van der Waals surface area contributed by atoms with Gasteiger partial charge in [-0.1, -0.05) is 43.2 Å². The number of hydrogen-bond acceptors (Lipinski definition) is 5. The molecular weight excluding hydrogens is 448 g/mol. The summed E-state index contributed by atoms with van der Waals surface area (Å²) in [6.07, 6.45) is 20.9. The van der Waals surface area contributed by atoms with Crippen molar-refractivity contribution < 1.29 is 13.2 Å². The van der Waals surface area contributed by atoms with Crippen LogP contribution in [0.2, 0.25) is 0 Å². The summed E-state index contributed by atoms with van der Waals surface area (Å²) in [5.74, 6) is 0.838. The quantitative estimate of drug-likeness (QED) is 0.574. The van der Waals surface area contributed by atoms with Crippen molar-refractivity contribution in [2.24, 2.45) is 10.9 Å². The van der Waals surface area contributed by atoms with Gasteiger partial charge in [-0.2, -0.15) is 0 Å². The van der Waals surface area contributed by atoms with E-state index in [0.29, 0.717) is 25.1 Å². The average Bonchev–Trinajstić information content (AvgIpc) is 3.36. The van der Waals surface area contributed by atoms with Gasteiger partial charge in [0.15, 0.2) is 0 Å². The SMILES string of the molecule is O=C(C1=CC=C(NS(=O)(=O)C/C=C\C=C2\C=CC=NC2)CC1)N1CCN(CC2CCCC2)CC1. The molecule has 8 heteroatoms. The van der Waals surface area contributed by atoms with E-state index in [1.54, 1.807) is 30.5 Å². The minimum Gasteiger partial charge on any atom is -0.336 e. The molecule has 184 valence electrons. The number of allylic oxidation sites excluding steroid dienone is 6. The molecule has 34 heavy (non-hydrogen) atoms. The number of nitrogens with zero attached hydrogens (tertiary/aromatic N) is 3. The van der Waals surface area contributed by atoms with E-state index in [4.69, 9.17) is 0 Å². The van der Waals surface area contributed by atoms with E-state index >= 15 is 0 Å². The Labute approximate surface area is 203 Å². The van der Waals surface area contributed by atoms with E-state index < -0.39 is 10.0 Å². The second-order valence-electron chi connectivity index (χ2n) is 9.53. The zero-order valence-corrected chi connectivity index (χ0v) is 20.7. The van der Waals surface area contributed by atoms with Crippen LogP contribution in [0.3, 0.4) is 0 Å². The van der Waals surface area contributed by atoms with Crippen LogP contribution in [0.15, 0.2) is 64.4 Å². The fourth-order valence-corrected chi connectivity index (χ4v) is 5.97. The number of sulfonamides is 1. The largest absolute Gasteiger partial charge is 0.336 e. The first-order valence-electron chi connectivity index (χ1n) is 12.4. The maximum absolute atomic E-state index is 12.9. The summed E-state index contributed by atoms with van der Waals surface area (Å²) in [4.78, 5) is 21.5. The van der Waals surface area contributed by atoms with Gasteiger partial charge in [0.05, 0.1) is 12.3 Å². The van der Waals surface area contributed by atoms with E-state index in [2.05, 4.69) is 14.6 Å². The number of piperazine rings is 1. The maximum atomic E-state index is 12.9. The highest BCUT2D eigenvalue weighted by Crippen LogP contribution is 2.26. The van der Waals surface area contributed by atoms with Crippen LogP contribution in [0.1, 0.15) is 38.5 Å². The molecule has 1 saturated carbocycles. The molecular formula is C26H36N4O3S. The summed E-state index contributed by atoms with van der Waals surface area (Å²) in [6.45, 7) is 5.24. The molecule has 0 aromatic carbocycles. The standard InChI is InChI=1S/C26H36N4O3S/c31-26(30-17-15-29(16-18-30)21-23-7-1-2-8-23)24-10-12-25(13-11-24)28-34(32,33)19-4-3-6-22-9-5-14-27-20-22/h3-6,9-10,12,14,23,28H,1-2,7-8,11,13,15-21H2/b4-3-,22-6-. The third-order valence-corrected chi connectivity index (χ3v) is 8.10. The highest BCUT2D eigenvalue weighted by molar-refractivity contribution is 7.89. The van der Waals surface area contributed by atoms with Gasteiger partial charge in [0.25, 0.3) is 0 Å². The molecule has 0 unspecified atom stereocenters. The van der Waals surface area contributed by atoms with Gasteiger partial charge in [-0.05, 0) is 49.3 Å². The van der Waals surface area contributed by atoms with Gasteiger partial charge in [0, 0.05) is 50.2 Å². The Kier molecular flexibility index (Phi) is 8.56. The summed E-state index contributed by atoms with van der Waals surface area (Å²) >= 11 is 0. The lowest BCUT2D eigenvalue weighted by Crippen LogP contribution is -2.50. The van der Waals surface area contributed by atoms with Crippen molar-refractivity contribution in [3.8, 4) is 0 Å². The van der Waals surface area contributed by atoms with Crippen molar-refractivity contribution in [2.45, 2.75) is 38.5 Å². The van der Waals surface area contributed by atoms with Gasteiger partial charge < -0.3 is 4.90 Å². The number of carbonyl (C=O) groups is 1. The summed E-state index contributed by atoms with van der Waals surface area (Å²) in [6, 6.07) is 0. The van der Waals surface area contributed by atoms with Gasteiger partial charge >= 0.3 is 0 Å². The minimum absolute atomic E-state index is 0.0933. The lowest BCUT2D eigenvalue weighted by Gasteiger charge is -2.36. The van der Waals surface area contributed by atoms with Gasteiger partial charge in [-0.25, -0.2) is 8.42 Å². The Morgan fingerprint density at radius 2 is 1.91 bits per heavy atom. The molecule has 1 N–H and O–H groups in total. The highest BCUT2D eigenvalue weighted by atomic mass is 32.2. The fraction of sp³-hybridized carbons (Fsp3) is 0.538. The predicted molar refractivity (Wildman–Crippen MR) is 137 cm³/mol. The molecule has 7 nitrogen and oxygen atoms in total. The molecule has 2 heterocycles. The summed E-state index contributed by atoms with van der Waals surface area (Å²) < 4.78 is 27.5. The minimum atomic E-state index is -3.47. The number of rotatable bonds is 8. The van der Waals surface area contributed by atoms with Gasteiger partial charge in [0.2, 0.25) is 15.9 Å². The molecule has 4 aliphatic rings. The zero-order chi connectivity index (χ0) is 23.8. The Morgan fingerprint density at radius 3 is 2.59 bits per heavy atom. The third-order valence-electron chi connectivity index (χ3n) is 6.90. The molecule has 2 fully saturated rings. The smallest absolute Gasteiger partial charge is 0.249 e. The van der Waals surface area contributed by atoms with E-state index in [1.807, 2.05) is 23.1 Å². The van der Waals surface area contributed by atoms with Crippen LogP contribution >= 0.6 is 0 Å². The predicted octanol–water partition coefficient (Wildman–Crippen LogP) is 2.97. The van der Waals surface area contributed by atoms with Gasteiger partial charge in [0.1, 0.15) is 0 Å². The van der Waals surface area contributed by atoms with Crippen LogP contribution in [-0.2, 0) is 14.8 Å². The normalized spacial score (nSPS) is 23.5. The molecule has 0 spiro atoms. The van der Waals surface area contributed by atoms with Gasteiger partial charge in [-0.3, -0.25) is 19.4 Å². The first kappa shape index (κ1) is 24.7. The summed E-state index contributed by atoms with van der Waals surface area (Å²) in [5, 5.41) is 0. The highest BCUT2D eigenvalue weighted by Gasteiger charge is 2.26. The summed E-state index contributed by atoms with van der Waals surface area (Å²) in [7, 11) is -3.47. The molecule has 0 aromatic heterocycles. The Bertz CT molecular complexity index is 1020. The van der Waals surface area contributed by atoms with E-state index in [0.717, 1.165) is 43.2 Å². The Balaban J connectivity index is 1.22. The molecule has 1 amide bonds. The monoisotopic (exact) mass is 484 g/mol. The number of hydrogen-bond donors (Lipinski definition) is 1. The van der Waals surface area contributed by atoms with Crippen molar-refractivity contribution in [2.75, 3.05) is 45.0 Å². The average molecular weight is 485 g/mol. The van der Waals surface area contributed by atoms with Crippen molar-refractivity contribution in [1.82, 2.24) is 14.5 Å². The van der Waals surface area contributed by atoms with Gasteiger partial charge in [-0.15, -0.1) is 0 Å². The molecule has 0 atom stereocenters. The van der Waals surface area contributed by atoms with Crippen LogP contribution in [0.25, 0.3) is 0 Å². The van der Waals surface area contributed by atoms with Crippen LogP contribution in [-0.4, -0.2) is 75.4 Å². The van der Waals surface area contributed by atoms with Crippen LogP contribution in [0, 0.1) is 5.92 Å². The molecule has 0 aromatic rings. The van der Waals surface area contributed by atoms with E-state index in [9.17, 15) is 13.2 Å². The van der Waals surface area contributed by atoms with Crippen LogP contribution in [0.4, 0.5) is 0 Å². The third kappa shape index (κ3) is 7.27. The van der Waals surface area contributed by atoms with Crippen molar-refractivity contribution >= 4 is 22.1 Å². The van der Waals surface area contributed by atoms with Crippen molar-refractivity contribution in [3.05, 3.63) is 59.4 Å². The molecule has 2 aliphatic heterocycles. The lowest BCUT2D eigenvalue weighted by atomic mass is 10.0. The number of carbonyl (C=O) groups excluding carboxylic acids is 1. The lowest BCUT2D eigenvalue weighted by molar-refractivity contribution is -0.129. The number of amides is 1. The first-order valence-corrected chi connectivity index (χ1v) is 14.1. The van der Waals surface area contributed by atoms with Crippen LogP contribution in [0.5, 0.6) is 0 Å². The summed E-state index contributed by atoms with van der Waals surface area (Å²) in [5.41, 5.74) is 2.44. The van der Waals surface area contributed by atoms with E-state index in [-0.39, 0.29) is 11.7 Å². The Morgan fingerprint density at radius 1 is 1.12 bits per heavy atom. The molecule has 2 aliphatic carbocycles. The maximum Gasteiger partial charge on any atom is 0.249 e. The van der Waals surface area contributed by atoms with Crippen molar-refractivity contribution in [1.29, 1.82) is 0 Å². The second-order valence-corrected chi connectivity index (χ2v) is 11.3. The molecule has 4 rings (SSSR count). The molecule has 0 bridgehead atoms. The number of nitrogens with one attached hydrogen (secondary N) is 1. The number of aliphatic imine (C=N–C) groups is 1. The fourth-order valence-electron chi connectivity index (χ4n) is 4.96. The van der Waals surface area contributed by atoms with Crippen LogP contribution < -0.4 is 4.72 Å². The Hall–Kier alpha value is -2.45. The topological polar surface area (TPSA) is 82.1 Å². The molecule has 0 radical (unpaired) electrons.